The minimum Gasteiger partial charge on any atom is -0.450 e. The van der Waals surface area contributed by atoms with Crippen LogP contribution in [0.15, 0.2) is 28.7 Å². The molecule has 1 aliphatic rings. The Hall–Kier alpha value is -2.01. The van der Waals surface area contributed by atoms with Crippen LogP contribution in [0.5, 0.6) is 0 Å². The first-order valence-electron chi connectivity index (χ1n) is 6.27. The maximum Gasteiger partial charge on any atom is 0.374 e. The van der Waals surface area contributed by atoms with Gasteiger partial charge in [-0.05, 0) is 37.1 Å². The Balaban J connectivity index is 1.64. The molecule has 20 heavy (non-hydrogen) atoms. The van der Waals surface area contributed by atoms with E-state index in [2.05, 4.69) is 5.32 Å². The predicted octanol–water partition coefficient (Wildman–Crippen LogP) is 2.52. The summed E-state index contributed by atoms with van der Waals surface area (Å²) in [5, 5.41) is 4.00. The van der Waals surface area contributed by atoms with Gasteiger partial charge in [0.05, 0.1) is 0 Å². The van der Waals surface area contributed by atoms with E-state index >= 15 is 0 Å². The Morgan fingerprint density at radius 2 is 2.15 bits per heavy atom. The zero-order valence-corrected chi connectivity index (χ0v) is 11.3. The topological polar surface area (TPSA) is 68.5 Å². The number of carbonyl (C=O) groups excluding carboxylic acids is 2. The Kier molecular flexibility index (Phi) is 3.36. The molecule has 0 radical (unpaired) electrons. The summed E-state index contributed by atoms with van der Waals surface area (Å²) in [7, 11) is 0. The summed E-state index contributed by atoms with van der Waals surface area (Å²) in [6.45, 7) is -0.298. The minimum absolute atomic E-state index is 0.0569. The zero-order valence-electron chi connectivity index (χ0n) is 10.5. The highest BCUT2D eigenvalue weighted by molar-refractivity contribution is 6.31. The van der Waals surface area contributed by atoms with Crippen molar-refractivity contribution in [1.82, 2.24) is 5.32 Å². The number of carbonyl (C=O) groups is 2. The van der Waals surface area contributed by atoms with Crippen molar-refractivity contribution in [1.29, 1.82) is 0 Å². The molecule has 0 atom stereocenters. The highest BCUT2D eigenvalue weighted by atomic mass is 35.5. The van der Waals surface area contributed by atoms with Crippen LogP contribution in [0.25, 0.3) is 11.0 Å². The second-order valence-corrected chi connectivity index (χ2v) is 5.15. The molecule has 0 saturated heterocycles. The van der Waals surface area contributed by atoms with Crippen molar-refractivity contribution < 1.29 is 18.7 Å². The molecule has 1 aliphatic carbocycles. The smallest absolute Gasteiger partial charge is 0.374 e. The molecule has 1 amide bonds. The van der Waals surface area contributed by atoms with Crippen LogP contribution in [0.1, 0.15) is 23.4 Å². The molecule has 1 aromatic heterocycles. The van der Waals surface area contributed by atoms with Crippen LogP contribution in [-0.4, -0.2) is 24.5 Å². The highest BCUT2D eigenvalue weighted by Crippen LogP contribution is 2.23. The van der Waals surface area contributed by atoms with Gasteiger partial charge < -0.3 is 14.5 Å². The Labute approximate surface area is 119 Å². The third kappa shape index (κ3) is 2.93. The molecule has 2 aromatic rings. The van der Waals surface area contributed by atoms with Gasteiger partial charge in [0.2, 0.25) is 5.76 Å². The van der Waals surface area contributed by atoms with Crippen molar-refractivity contribution in [2.75, 3.05) is 6.61 Å². The number of fused-ring (bicyclic) bond motifs is 1. The van der Waals surface area contributed by atoms with Crippen LogP contribution in [-0.2, 0) is 9.53 Å². The minimum atomic E-state index is -0.664. The lowest BCUT2D eigenvalue weighted by Crippen LogP contribution is -2.30. The maximum absolute atomic E-state index is 11.8. The number of halogens is 1. The summed E-state index contributed by atoms with van der Waals surface area (Å²) in [6.07, 6.45) is 1.98. The van der Waals surface area contributed by atoms with Crippen molar-refractivity contribution in [3.63, 3.8) is 0 Å². The molecule has 0 bridgehead atoms. The molecular weight excluding hydrogens is 282 g/mol. The van der Waals surface area contributed by atoms with Crippen molar-refractivity contribution in [2.24, 2.45) is 0 Å². The number of nitrogens with one attached hydrogen (secondary N) is 1. The molecule has 1 heterocycles. The molecule has 0 aliphatic heterocycles. The van der Waals surface area contributed by atoms with E-state index in [9.17, 15) is 9.59 Å². The van der Waals surface area contributed by atoms with E-state index in [1.54, 1.807) is 24.3 Å². The fourth-order valence-corrected chi connectivity index (χ4v) is 1.99. The number of hydrogen-bond donors (Lipinski definition) is 1. The van der Waals surface area contributed by atoms with Gasteiger partial charge in [-0.3, -0.25) is 4.79 Å². The molecule has 0 unspecified atom stereocenters. The van der Waals surface area contributed by atoms with Crippen molar-refractivity contribution in [3.8, 4) is 0 Å². The molecule has 3 rings (SSSR count). The zero-order chi connectivity index (χ0) is 14.1. The summed E-state index contributed by atoms with van der Waals surface area (Å²) in [5.74, 6) is -0.898. The third-order valence-corrected chi connectivity index (χ3v) is 3.19. The summed E-state index contributed by atoms with van der Waals surface area (Å²) in [6, 6.07) is 6.83. The second kappa shape index (κ2) is 5.17. The van der Waals surface area contributed by atoms with Gasteiger partial charge in [0.25, 0.3) is 5.91 Å². The standard InChI is InChI=1S/C14H12ClNO4/c15-9-1-4-11-8(5-9)6-12(20-11)14(18)19-7-13(17)16-10-2-3-10/h1,4-6,10H,2-3,7H2,(H,16,17). The van der Waals surface area contributed by atoms with Crippen LogP contribution in [0.3, 0.4) is 0 Å². The van der Waals surface area contributed by atoms with Gasteiger partial charge in [0.15, 0.2) is 6.61 Å². The van der Waals surface area contributed by atoms with Gasteiger partial charge in [-0.1, -0.05) is 11.6 Å². The first-order valence-corrected chi connectivity index (χ1v) is 6.65. The Bertz CT molecular complexity index is 675. The lowest BCUT2D eigenvalue weighted by Gasteiger charge is -2.03. The molecule has 104 valence electrons. The fourth-order valence-electron chi connectivity index (χ4n) is 1.81. The molecule has 1 aromatic carbocycles. The van der Waals surface area contributed by atoms with Gasteiger partial charge >= 0.3 is 5.97 Å². The van der Waals surface area contributed by atoms with Crippen LogP contribution in [0, 0.1) is 0 Å². The van der Waals surface area contributed by atoms with Gasteiger partial charge in [0.1, 0.15) is 5.58 Å². The monoisotopic (exact) mass is 293 g/mol. The van der Waals surface area contributed by atoms with E-state index in [0.29, 0.717) is 16.0 Å². The van der Waals surface area contributed by atoms with Gasteiger partial charge in [-0.15, -0.1) is 0 Å². The van der Waals surface area contributed by atoms with E-state index in [1.165, 1.54) is 0 Å². The van der Waals surface area contributed by atoms with E-state index in [0.717, 1.165) is 12.8 Å². The highest BCUT2D eigenvalue weighted by Gasteiger charge is 2.24. The summed E-state index contributed by atoms with van der Waals surface area (Å²) in [4.78, 5) is 23.2. The van der Waals surface area contributed by atoms with Crippen LogP contribution >= 0.6 is 11.6 Å². The molecule has 5 nitrogen and oxygen atoms in total. The van der Waals surface area contributed by atoms with E-state index < -0.39 is 5.97 Å². The third-order valence-electron chi connectivity index (χ3n) is 2.96. The van der Waals surface area contributed by atoms with Crippen LogP contribution in [0.4, 0.5) is 0 Å². The summed E-state index contributed by atoms with van der Waals surface area (Å²) < 4.78 is 10.2. The molecular formula is C14H12ClNO4. The van der Waals surface area contributed by atoms with Gasteiger partial charge in [0, 0.05) is 16.5 Å². The number of furan rings is 1. The number of rotatable bonds is 4. The Morgan fingerprint density at radius 1 is 1.35 bits per heavy atom. The average molecular weight is 294 g/mol. The van der Waals surface area contributed by atoms with E-state index in [1.807, 2.05) is 0 Å². The van der Waals surface area contributed by atoms with Crippen molar-refractivity contribution >= 4 is 34.4 Å². The van der Waals surface area contributed by atoms with Gasteiger partial charge in [-0.2, -0.15) is 0 Å². The Morgan fingerprint density at radius 3 is 2.90 bits per heavy atom. The predicted molar refractivity (Wildman–Crippen MR) is 72.7 cm³/mol. The normalized spacial score (nSPS) is 14.2. The lowest BCUT2D eigenvalue weighted by molar-refractivity contribution is -0.124. The van der Waals surface area contributed by atoms with Crippen LogP contribution < -0.4 is 5.32 Å². The van der Waals surface area contributed by atoms with E-state index in [-0.39, 0.29) is 24.3 Å². The second-order valence-electron chi connectivity index (χ2n) is 4.71. The largest absolute Gasteiger partial charge is 0.450 e. The molecule has 1 N–H and O–H groups in total. The first-order chi connectivity index (χ1) is 9.61. The molecule has 6 heteroatoms. The first kappa shape index (κ1) is 13.0. The molecule has 1 fully saturated rings. The number of benzene rings is 1. The van der Waals surface area contributed by atoms with Crippen molar-refractivity contribution in [2.45, 2.75) is 18.9 Å². The summed E-state index contributed by atoms with van der Waals surface area (Å²) in [5.41, 5.74) is 0.545. The number of amides is 1. The SMILES string of the molecule is O=C(COC(=O)c1cc2cc(Cl)ccc2o1)NC1CC1. The maximum atomic E-state index is 11.8. The van der Waals surface area contributed by atoms with Crippen molar-refractivity contribution in [3.05, 3.63) is 35.0 Å². The average Bonchev–Trinajstić information content (AvgIpc) is 3.12. The quantitative estimate of drug-likeness (QED) is 0.880. The van der Waals surface area contributed by atoms with Gasteiger partial charge in [-0.25, -0.2) is 4.79 Å². The van der Waals surface area contributed by atoms with E-state index in [4.69, 9.17) is 20.8 Å². The number of ether oxygens (including phenoxy) is 1. The number of esters is 1. The number of hydrogen-bond acceptors (Lipinski definition) is 4. The lowest BCUT2D eigenvalue weighted by atomic mass is 10.2. The fraction of sp³-hybridized carbons (Fsp3) is 0.286. The molecule has 0 spiro atoms. The summed E-state index contributed by atoms with van der Waals surface area (Å²) >= 11 is 5.85. The van der Waals surface area contributed by atoms with Crippen LogP contribution in [0.2, 0.25) is 5.02 Å². The molecule has 1 saturated carbocycles.